The van der Waals surface area contributed by atoms with E-state index in [0.717, 1.165) is 0 Å². The van der Waals surface area contributed by atoms with E-state index in [9.17, 15) is 14.7 Å². The molecule has 0 radical (unpaired) electrons. The number of carboxylic acids is 1. The minimum atomic E-state index is -0.933. The number of benzene rings is 1. The van der Waals surface area contributed by atoms with Crippen LogP contribution in [-0.2, 0) is 10.2 Å². The zero-order chi connectivity index (χ0) is 13.3. The maximum atomic E-state index is 11.4. The van der Waals surface area contributed by atoms with Gasteiger partial charge in [0.2, 0.25) is 0 Å². The molecule has 1 aromatic rings. The van der Waals surface area contributed by atoms with Gasteiger partial charge in [0.05, 0.1) is 19.6 Å². The van der Waals surface area contributed by atoms with Gasteiger partial charge in [0.1, 0.15) is 6.29 Å². The molecule has 0 heterocycles. The molecule has 0 aromatic heterocycles. The van der Waals surface area contributed by atoms with Crippen molar-refractivity contribution in [2.24, 2.45) is 0 Å². The van der Waals surface area contributed by atoms with Crippen molar-refractivity contribution < 1.29 is 24.2 Å². The first-order valence-corrected chi connectivity index (χ1v) is 5.54. The second-order valence-corrected chi connectivity index (χ2v) is 4.31. The lowest BCUT2D eigenvalue weighted by Crippen LogP contribution is -2.21. The third kappa shape index (κ3) is 1.72. The van der Waals surface area contributed by atoms with Crippen LogP contribution < -0.4 is 9.47 Å². The number of carboxylic acid groups (broad SMARTS) is 1. The van der Waals surface area contributed by atoms with E-state index in [1.807, 2.05) is 0 Å². The standard InChI is InChI=1S/C13H14O5/c1-17-10-6-8(7-14)5-9(11(10)18-2)13(3-4-13)12(15)16/h5-7H,3-4H2,1-2H3,(H,15,16). The van der Waals surface area contributed by atoms with Gasteiger partial charge in [0.25, 0.3) is 0 Å². The Morgan fingerprint density at radius 1 is 1.33 bits per heavy atom. The molecule has 0 spiro atoms. The number of methoxy groups -OCH3 is 2. The van der Waals surface area contributed by atoms with E-state index >= 15 is 0 Å². The van der Waals surface area contributed by atoms with Crippen LogP contribution in [0.15, 0.2) is 12.1 Å². The molecule has 0 bridgehead atoms. The number of hydrogen-bond donors (Lipinski definition) is 1. The summed E-state index contributed by atoms with van der Waals surface area (Å²) in [7, 11) is 2.91. The minimum Gasteiger partial charge on any atom is -0.493 e. The third-order valence-corrected chi connectivity index (χ3v) is 3.31. The fourth-order valence-corrected chi connectivity index (χ4v) is 2.13. The van der Waals surface area contributed by atoms with E-state index in [1.54, 1.807) is 6.07 Å². The number of carbonyl (C=O) groups is 2. The van der Waals surface area contributed by atoms with E-state index in [0.29, 0.717) is 41.8 Å². The summed E-state index contributed by atoms with van der Waals surface area (Å²) < 4.78 is 10.4. The first-order chi connectivity index (χ1) is 8.58. The molecule has 1 fully saturated rings. The van der Waals surface area contributed by atoms with E-state index in [1.165, 1.54) is 20.3 Å². The van der Waals surface area contributed by atoms with E-state index in [4.69, 9.17) is 9.47 Å². The highest BCUT2D eigenvalue weighted by molar-refractivity contribution is 5.88. The van der Waals surface area contributed by atoms with Crippen LogP contribution >= 0.6 is 0 Å². The van der Waals surface area contributed by atoms with Gasteiger partial charge in [0, 0.05) is 11.1 Å². The summed E-state index contributed by atoms with van der Waals surface area (Å²) in [6.07, 6.45) is 1.76. The van der Waals surface area contributed by atoms with Crippen molar-refractivity contribution in [3.05, 3.63) is 23.3 Å². The normalized spacial score (nSPS) is 15.9. The summed E-state index contributed by atoms with van der Waals surface area (Å²) >= 11 is 0. The number of ether oxygens (including phenoxy) is 2. The van der Waals surface area contributed by atoms with Gasteiger partial charge < -0.3 is 14.6 Å². The summed E-state index contributed by atoms with van der Waals surface area (Å²) in [5.74, 6) is -0.126. The highest BCUT2D eigenvalue weighted by Crippen LogP contribution is 2.53. The molecule has 5 nitrogen and oxygen atoms in total. The summed E-state index contributed by atoms with van der Waals surface area (Å²) in [6, 6.07) is 3.10. The molecule has 0 atom stereocenters. The Bertz CT molecular complexity index is 502. The molecule has 1 N–H and O–H groups in total. The zero-order valence-electron chi connectivity index (χ0n) is 10.2. The Kier molecular flexibility index (Phi) is 2.98. The first-order valence-electron chi connectivity index (χ1n) is 5.54. The van der Waals surface area contributed by atoms with Crippen LogP contribution in [0.1, 0.15) is 28.8 Å². The van der Waals surface area contributed by atoms with Crippen LogP contribution in [0.5, 0.6) is 11.5 Å². The smallest absolute Gasteiger partial charge is 0.314 e. The lowest BCUT2D eigenvalue weighted by atomic mass is 9.93. The van der Waals surface area contributed by atoms with Crippen molar-refractivity contribution in [3.8, 4) is 11.5 Å². The Hall–Kier alpha value is -2.04. The zero-order valence-corrected chi connectivity index (χ0v) is 10.2. The average Bonchev–Trinajstić information content (AvgIpc) is 3.18. The molecule has 1 aromatic carbocycles. The van der Waals surface area contributed by atoms with Gasteiger partial charge in [-0.25, -0.2) is 0 Å². The molecule has 1 aliphatic carbocycles. The molecule has 2 rings (SSSR count). The highest BCUT2D eigenvalue weighted by Gasteiger charge is 2.54. The van der Waals surface area contributed by atoms with Crippen molar-refractivity contribution in [2.45, 2.75) is 18.3 Å². The SMILES string of the molecule is COc1cc(C=O)cc(C2(C(=O)O)CC2)c1OC. The fraction of sp³-hybridized carbons (Fsp3) is 0.385. The number of rotatable bonds is 5. The predicted molar refractivity (Wildman–Crippen MR) is 63.5 cm³/mol. The molecule has 5 heteroatoms. The molecular formula is C13H14O5. The lowest BCUT2D eigenvalue weighted by Gasteiger charge is -2.18. The van der Waals surface area contributed by atoms with Crippen LogP contribution in [0.2, 0.25) is 0 Å². The number of hydrogen-bond acceptors (Lipinski definition) is 4. The molecule has 0 unspecified atom stereocenters. The van der Waals surface area contributed by atoms with Crippen molar-refractivity contribution in [3.63, 3.8) is 0 Å². The lowest BCUT2D eigenvalue weighted by molar-refractivity contribution is -0.140. The van der Waals surface area contributed by atoms with E-state index in [-0.39, 0.29) is 0 Å². The highest BCUT2D eigenvalue weighted by atomic mass is 16.5. The maximum absolute atomic E-state index is 11.4. The van der Waals surface area contributed by atoms with E-state index < -0.39 is 11.4 Å². The summed E-state index contributed by atoms with van der Waals surface area (Å²) in [4.78, 5) is 22.3. The van der Waals surface area contributed by atoms with Crippen molar-refractivity contribution >= 4 is 12.3 Å². The van der Waals surface area contributed by atoms with Gasteiger partial charge >= 0.3 is 5.97 Å². The predicted octanol–water partition coefficient (Wildman–Crippen LogP) is 1.63. The molecule has 18 heavy (non-hydrogen) atoms. The van der Waals surface area contributed by atoms with Crippen molar-refractivity contribution in [1.82, 2.24) is 0 Å². The fourth-order valence-electron chi connectivity index (χ4n) is 2.13. The summed E-state index contributed by atoms with van der Waals surface area (Å²) in [6.45, 7) is 0. The second-order valence-electron chi connectivity index (χ2n) is 4.31. The van der Waals surface area contributed by atoms with Gasteiger partial charge in [-0.2, -0.15) is 0 Å². The van der Waals surface area contributed by atoms with Gasteiger partial charge in [0.15, 0.2) is 11.5 Å². The van der Waals surface area contributed by atoms with Crippen LogP contribution in [0.4, 0.5) is 0 Å². The number of aldehydes is 1. The Balaban J connectivity index is 2.64. The van der Waals surface area contributed by atoms with Gasteiger partial charge in [-0.05, 0) is 25.0 Å². The maximum Gasteiger partial charge on any atom is 0.314 e. The van der Waals surface area contributed by atoms with E-state index in [2.05, 4.69) is 0 Å². The Labute approximate surface area is 104 Å². The quantitative estimate of drug-likeness (QED) is 0.804. The Morgan fingerprint density at radius 3 is 2.39 bits per heavy atom. The second kappa shape index (κ2) is 4.33. The number of aliphatic carboxylic acids is 1. The van der Waals surface area contributed by atoms with Gasteiger partial charge in [-0.15, -0.1) is 0 Å². The molecule has 1 saturated carbocycles. The largest absolute Gasteiger partial charge is 0.493 e. The van der Waals surface area contributed by atoms with Gasteiger partial charge in [-0.1, -0.05) is 0 Å². The molecule has 0 amide bonds. The van der Waals surface area contributed by atoms with Crippen LogP contribution in [0, 0.1) is 0 Å². The Morgan fingerprint density at radius 2 is 2.00 bits per heavy atom. The summed E-state index contributed by atoms with van der Waals surface area (Å²) in [5.41, 5.74) is -0.0356. The van der Waals surface area contributed by atoms with Crippen LogP contribution in [0.3, 0.4) is 0 Å². The van der Waals surface area contributed by atoms with Gasteiger partial charge in [-0.3, -0.25) is 9.59 Å². The third-order valence-electron chi connectivity index (χ3n) is 3.31. The minimum absolute atomic E-state index is 0.379. The van der Waals surface area contributed by atoms with Crippen LogP contribution in [0.25, 0.3) is 0 Å². The molecular weight excluding hydrogens is 236 g/mol. The average molecular weight is 250 g/mol. The molecule has 96 valence electrons. The van der Waals surface area contributed by atoms with Crippen LogP contribution in [-0.4, -0.2) is 31.6 Å². The van der Waals surface area contributed by atoms with Crippen molar-refractivity contribution in [1.29, 1.82) is 0 Å². The van der Waals surface area contributed by atoms with Crippen molar-refractivity contribution in [2.75, 3.05) is 14.2 Å². The summed E-state index contributed by atoms with van der Waals surface area (Å²) in [5, 5.41) is 9.32. The monoisotopic (exact) mass is 250 g/mol. The molecule has 0 saturated heterocycles. The molecule has 1 aliphatic rings. The number of carbonyl (C=O) groups excluding carboxylic acids is 1. The molecule has 0 aliphatic heterocycles. The topological polar surface area (TPSA) is 72.8 Å². The first kappa shape index (κ1) is 12.4.